The highest BCUT2D eigenvalue weighted by molar-refractivity contribution is 6.29. The molecule has 2 aromatic heterocycles. The summed E-state index contributed by atoms with van der Waals surface area (Å²) in [5, 5.41) is 0.504. The van der Waals surface area contributed by atoms with Crippen molar-refractivity contribution in [1.29, 1.82) is 0 Å². The Morgan fingerprint density at radius 2 is 1.83 bits per heavy atom. The van der Waals surface area contributed by atoms with Gasteiger partial charge in [0, 0.05) is 31.2 Å². The summed E-state index contributed by atoms with van der Waals surface area (Å²) in [4.78, 5) is 14.9. The van der Waals surface area contributed by atoms with Crippen LogP contribution in [0, 0.1) is 13.8 Å². The Morgan fingerprint density at radius 3 is 2.39 bits per heavy atom. The second kappa shape index (κ2) is 5.31. The summed E-state index contributed by atoms with van der Waals surface area (Å²) >= 11 is 5.76. The molecule has 2 aromatic rings. The summed E-state index contributed by atoms with van der Waals surface area (Å²) < 4.78 is 0. The molecular weight excluding hydrogens is 248 g/mol. The van der Waals surface area contributed by atoms with E-state index in [9.17, 15) is 0 Å². The largest absolute Gasteiger partial charge is 0.339 e. The molecule has 94 valence electrons. The first-order valence-electron chi connectivity index (χ1n) is 5.68. The molecule has 0 aliphatic rings. The van der Waals surface area contributed by atoms with E-state index in [2.05, 4.69) is 15.0 Å². The summed E-state index contributed by atoms with van der Waals surface area (Å²) in [6.07, 6.45) is 1.77. The number of aromatic nitrogens is 3. The predicted molar refractivity (Wildman–Crippen MR) is 72.9 cm³/mol. The van der Waals surface area contributed by atoms with Gasteiger partial charge in [0.05, 0.1) is 0 Å². The van der Waals surface area contributed by atoms with Crippen molar-refractivity contribution in [3.05, 3.63) is 46.5 Å². The van der Waals surface area contributed by atoms with E-state index in [1.165, 1.54) is 0 Å². The van der Waals surface area contributed by atoms with Crippen molar-refractivity contribution >= 4 is 17.5 Å². The van der Waals surface area contributed by atoms with Crippen molar-refractivity contribution in [2.24, 2.45) is 0 Å². The fourth-order valence-corrected chi connectivity index (χ4v) is 1.83. The lowest BCUT2D eigenvalue weighted by atomic mass is 10.3. The maximum Gasteiger partial charge on any atom is 0.225 e. The molecule has 0 atom stereocenters. The molecule has 0 aliphatic carbocycles. The van der Waals surface area contributed by atoms with Crippen molar-refractivity contribution in [2.45, 2.75) is 20.4 Å². The van der Waals surface area contributed by atoms with Gasteiger partial charge in [-0.15, -0.1) is 0 Å². The molecule has 2 heterocycles. The van der Waals surface area contributed by atoms with E-state index in [0.717, 1.165) is 22.9 Å². The second-order valence-electron chi connectivity index (χ2n) is 4.30. The zero-order valence-corrected chi connectivity index (χ0v) is 11.4. The minimum atomic E-state index is 0.504. The van der Waals surface area contributed by atoms with Crippen LogP contribution < -0.4 is 4.90 Å². The number of anilines is 1. The quantitative estimate of drug-likeness (QED) is 0.798. The average Bonchev–Trinajstić information content (AvgIpc) is 2.31. The van der Waals surface area contributed by atoms with Crippen LogP contribution in [-0.4, -0.2) is 22.0 Å². The third-order valence-corrected chi connectivity index (χ3v) is 2.74. The van der Waals surface area contributed by atoms with Crippen molar-refractivity contribution in [3.63, 3.8) is 0 Å². The van der Waals surface area contributed by atoms with Crippen LogP contribution in [-0.2, 0) is 6.54 Å². The van der Waals surface area contributed by atoms with Crippen LogP contribution in [0.15, 0.2) is 24.4 Å². The molecule has 0 N–H and O–H groups in total. The van der Waals surface area contributed by atoms with E-state index in [4.69, 9.17) is 11.6 Å². The van der Waals surface area contributed by atoms with E-state index in [1.54, 1.807) is 12.3 Å². The van der Waals surface area contributed by atoms with Gasteiger partial charge in [-0.25, -0.2) is 15.0 Å². The molecule has 0 aliphatic heterocycles. The molecule has 0 saturated heterocycles. The monoisotopic (exact) mass is 262 g/mol. The maximum absolute atomic E-state index is 5.76. The normalized spacial score (nSPS) is 10.4. The SMILES string of the molecule is Cc1cc(C)nc(N(C)Cc2ccc(Cl)nc2)n1. The zero-order valence-electron chi connectivity index (χ0n) is 10.7. The summed E-state index contributed by atoms with van der Waals surface area (Å²) in [5.74, 6) is 0.724. The second-order valence-corrected chi connectivity index (χ2v) is 4.68. The van der Waals surface area contributed by atoms with Crippen molar-refractivity contribution in [1.82, 2.24) is 15.0 Å². The fourth-order valence-electron chi connectivity index (χ4n) is 1.72. The summed E-state index contributed by atoms with van der Waals surface area (Å²) in [6.45, 7) is 4.64. The van der Waals surface area contributed by atoms with Crippen molar-refractivity contribution < 1.29 is 0 Å². The smallest absolute Gasteiger partial charge is 0.225 e. The van der Waals surface area contributed by atoms with Crippen LogP contribution in [0.4, 0.5) is 5.95 Å². The van der Waals surface area contributed by atoms with Gasteiger partial charge in [-0.3, -0.25) is 0 Å². The van der Waals surface area contributed by atoms with Crippen LogP contribution >= 0.6 is 11.6 Å². The van der Waals surface area contributed by atoms with Crippen LogP contribution in [0.1, 0.15) is 17.0 Å². The van der Waals surface area contributed by atoms with Crippen LogP contribution in [0.5, 0.6) is 0 Å². The molecule has 0 amide bonds. The Labute approximate surface area is 112 Å². The number of rotatable bonds is 3. The van der Waals surface area contributed by atoms with Gasteiger partial charge in [0.2, 0.25) is 5.95 Å². The Balaban J connectivity index is 2.16. The highest BCUT2D eigenvalue weighted by Crippen LogP contribution is 2.12. The van der Waals surface area contributed by atoms with E-state index < -0.39 is 0 Å². The number of pyridine rings is 1. The molecule has 0 radical (unpaired) electrons. The summed E-state index contributed by atoms with van der Waals surface area (Å²) in [5.41, 5.74) is 3.02. The third kappa shape index (κ3) is 3.17. The molecule has 0 bridgehead atoms. The molecule has 0 spiro atoms. The van der Waals surface area contributed by atoms with E-state index in [1.807, 2.05) is 37.9 Å². The molecule has 5 heteroatoms. The van der Waals surface area contributed by atoms with Gasteiger partial charge in [0.1, 0.15) is 5.15 Å². The fraction of sp³-hybridized carbons (Fsp3) is 0.308. The topological polar surface area (TPSA) is 41.9 Å². The molecule has 0 unspecified atom stereocenters. The number of halogens is 1. The van der Waals surface area contributed by atoms with Gasteiger partial charge in [0.25, 0.3) is 0 Å². The summed E-state index contributed by atoms with van der Waals surface area (Å²) in [6, 6.07) is 5.70. The molecular formula is C13H15ClN4. The van der Waals surface area contributed by atoms with Crippen LogP contribution in [0.25, 0.3) is 0 Å². The average molecular weight is 263 g/mol. The van der Waals surface area contributed by atoms with Crippen LogP contribution in [0.2, 0.25) is 5.15 Å². The minimum Gasteiger partial charge on any atom is -0.339 e. The number of hydrogen-bond donors (Lipinski definition) is 0. The van der Waals surface area contributed by atoms with Gasteiger partial charge >= 0.3 is 0 Å². The third-order valence-electron chi connectivity index (χ3n) is 2.52. The Hall–Kier alpha value is -1.68. The van der Waals surface area contributed by atoms with Gasteiger partial charge in [-0.1, -0.05) is 17.7 Å². The Kier molecular flexibility index (Phi) is 3.77. The number of hydrogen-bond acceptors (Lipinski definition) is 4. The van der Waals surface area contributed by atoms with Gasteiger partial charge in [-0.05, 0) is 31.5 Å². The van der Waals surface area contributed by atoms with E-state index >= 15 is 0 Å². The highest BCUT2D eigenvalue weighted by Gasteiger charge is 2.06. The lowest BCUT2D eigenvalue weighted by molar-refractivity contribution is 0.848. The first kappa shape index (κ1) is 12.8. The zero-order chi connectivity index (χ0) is 13.1. The van der Waals surface area contributed by atoms with E-state index in [-0.39, 0.29) is 0 Å². The van der Waals surface area contributed by atoms with Crippen molar-refractivity contribution in [3.8, 4) is 0 Å². The lowest BCUT2D eigenvalue weighted by Crippen LogP contribution is -2.19. The van der Waals surface area contributed by atoms with E-state index in [0.29, 0.717) is 11.7 Å². The first-order chi connectivity index (χ1) is 8.54. The predicted octanol–water partition coefficient (Wildman–Crippen LogP) is 2.78. The van der Waals surface area contributed by atoms with Gasteiger partial charge < -0.3 is 4.90 Å². The molecule has 0 saturated carbocycles. The molecule has 4 nitrogen and oxygen atoms in total. The number of aryl methyl sites for hydroxylation is 2. The highest BCUT2D eigenvalue weighted by atomic mass is 35.5. The van der Waals surface area contributed by atoms with Crippen LogP contribution in [0.3, 0.4) is 0 Å². The number of nitrogens with zero attached hydrogens (tertiary/aromatic N) is 4. The molecule has 2 rings (SSSR count). The maximum atomic E-state index is 5.76. The Bertz CT molecular complexity index is 519. The molecule has 0 fully saturated rings. The molecule has 0 aromatic carbocycles. The van der Waals surface area contributed by atoms with Gasteiger partial charge in [-0.2, -0.15) is 0 Å². The van der Waals surface area contributed by atoms with Gasteiger partial charge in [0.15, 0.2) is 0 Å². The standard InChI is InChI=1S/C13H15ClN4/c1-9-6-10(2)17-13(16-9)18(3)8-11-4-5-12(14)15-7-11/h4-7H,8H2,1-3H3. The minimum absolute atomic E-state index is 0.504. The molecule has 18 heavy (non-hydrogen) atoms. The Morgan fingerprint density at radius 1 is 1.17 bits per heavy atom. The first-order valence-corrected chi connectivity index (χ1v) is 6.06. The van der Waals surface area contributed by atoms with Crippen molar-refractivity contribution in [2.75, 3.05) is 11.9 Å². The lowest BCUT2D eigenvalue weighted by Gasteiger charge is -2.17. The summed E-state index contributed by atoms with van der Waals surface area (Å²) in [7, 11) is 1.96.